The van der Waals surface area contributed by atoms with Gasteiger partial charge in [-0.1, -0.05) is 23.9 Å². The number of halogens is 6. The van der Waals surface area contributed by atoms with Gasteiger partial charge in [0.05, 0.1) is 22.4 Å². The molecule has 234 valence electrons. The minimum atomic E-state index is -4.72. The summed E-state index contributed by atoms with van der Waals surface area (Å²) in [6, 6.07) is 12.7. The van der Waals surface area contributed by atoms with Crippen molar-refractivity contribution in [3.63, 3.8) is 0 Å². The van der Waals surface area contributed by atoms with Crippen LogP contribution >= 0.6 is 0 Å². The van der Waals surface area contributed by atoms with Gasteiger partial charge in [-0.05, 0) is 73.0 Å². The zero-order valence-electron chi connectivity index (χ0n) is 23.1. The van der Waals surface area contributed by atoms with Crippen LogP contribution in [0.1, 0.15) is 39.9 Å². The van der Waals surface area contributed by atoms with Gasteiger partial charge in [0.2, 0.25) is 0 Å². The number of carbonyl (C=O) groups excluding carboxylic acids is 1. The Morgan fingerprint density at radius 1 is 0.911 bits per heavy atom. The number of hydrogen-bond acceptors (Lipinski definition) is 6. The zero-order chi connectivity index (χ0) is 32.7. The van der Waals surface area contributed by atoms with Gasteiger partial charge in [-0.2, -0.15) is 31.0 Å². The van der Waals surface area contributed by atoms with E-state index >= 15 is 0 Å². The quantitative estimate of drug-likeness (QED) is 0.175. The molecule has 0 aliphatic heterocycles. The molecule has 4 aromatic rings. The van der Waals surface area contributed by atoms with Crippen molar-refractivity contribution >= 4 is 28.4 Å². The first kappa shape index (κ1) is 31.4. The lowest BCUT2D eigenvalue weighted by molar-refractivity contribution is -0.143. The molecule has 0 spiro atoms. The third-order valence-corrected chi connectivity index (χ3v) is 7.76. The van der Waals surface area contributed by atoms with Gasteiger partial charge >= 0.3 is 18.3 Å². The molecule has 5 rings (SSSR count). The lowest BCUT2D eigenvalue weighted by Gasteiger charge is -2.22. The molecule has 1 fully saturated rings. The number of carboxylic acid groups (broad SMARTS) is 1. The molecule has 1 aliphatic rings. The first-order chi connectivity index (χ1) is 21.1. The van der Waals surface area contributed by atoms with Crippen molar-refractivity contribution in [2.24, 2.45) is 17.8 Å². The minimum Gasteiger partial charge on any atom is -0.489 e. The van der Waals surface area contributed by atoms with E-state index in [-0.39, 0.29) is 52.9 Å². The average molecular weight is 632 g/mol. The topological polar surface area (TPSA) is 111 Å². The van der Waals surface area contributed by atoms with Gasteiger partial charge in [-0.15, -0.1) is 5.10 Å². The molecule has 0 amide bonds. The summed E-state index contributed by atoms with van der Waals surface area (Å²) in [4.78, 5) is 38.9. The predicted molar refractivity (Wildman–Crippen MR) is 148 cm³/mol. The normalized spacial score (nSPS) is 18.6. The van der Waals surface area contributed by atoms with Crippen LogP contribution < -0.4 is 10.3 Å². The number of fused-ring (bicyclic) bond motifs is 1. The first-order valence-corrected chi connectivity index (χ1v) is 13.5. The fourth-order valence-corrected chi connectivity index (χ4v) is 5.51. The summed E-state index contributed by atoms with van der Waals surface area (Å²) >= 11 is 0. The highest BCUT2D eigenvalue weighted by Gasteiger charge is 2.46. The number of allylic oxidation sites excluding steroid dienone is 1. The molecule has 0 radical (unpaired) electrons. The molecule has 1 N–H and O–H groups in total. The Balaban J connectivity index is 1.32. The number of alkyl halides is 6. The van der Waals surface area contributed by atoms with E-state index in [0.29, 0.717) is 10.7 Å². The van der Waals surface area contributed by atoms with Gasteiger partial charge < -0.3 is 9.84 Å². The van der Waals surface area contributed by atoms with Crippen LogP contribution in [0.3, 0.4) is 0 Å². The fourth-order valence-electron chi connectivity index (χ4n) is 5.51. The number of ketones is 1. The molecular weight excluding hydrogens is 608 g/mol. The van der Waals surface area contributed by atoms with E-state index in [4.69, 9.17) is 4.74 Å². The van der Waals surface area contributed by atoms with Gasteiger partial charge in [0, 0.05) is 23.1 Å². The molecule has 0 bridgehead atoms. The number of hydrogen-bond donors (Lipinski definition) is 1. The molecule has 45 heavy (non-hydrogen) atoms. The molecule has 1 saturated carbocycles. The molecule has 14 heteroatoms. The van der Waals surface area contributed by atoms with Crippen LogP contribution in [0.5, 0.6) is 5.75 Å². The number of carbonyl (C=O) groups is 2. The van der Waals surface area contributed by atoms with Crippen LogP contribution in [0.2, 0.25) is 0 Å². The molecule has 1 aromatic heterocycles. The molecule has 8 nitrogen and oxygen atoms in total. The summed E-state index contributed by atoms with van der Waals surface area (Å²) in [6.07, 6.45) is -8.98. The number of carboxylic acids is 1. The van der Waals surface area contributed by atoms with E-state index in [2.05, 4.69) is 16.9 Å². The van der Waals surface area contributed by atoms with Gasteiger partial charge in [-0.3, -0.25) is 14.4 Å². The largest absolute Gasteiger partial charge is 0.489 e. The fraction of sp³-hybridized carbons (Fsp3) is 0.258. The number of rotatable bonds is 8. The van der Waals surface area contributed by atoms with Crippen molar-refractivity contribution in [1.29, 1.82) is 0 Å². The maximum Gasteiger partial charge on any atom is 0.416 e. The van der Waals surface area contributed by atoms with Crippen molar-refractivity contribution in [3.8, 4) is 5.75 Å². The Morgan fingerprint density at radius 3 is 2.20 bits per heavy atom. The Hall–Kier alpha value is -5.01. The number of aromatic nitrogens is 3. The van der Waals surface area contributed by atoms with Gasteiger partial charge in [0.1, 0.15) is 17.9 Å². The second-order valence-electron chi connectivity index (χ2n) is 10.6. The van der Waals surface area contributed by atoms with E-state index in [1.165, 1.54) is 36.4 Å². The number of aliphatic carboxylic acids is 1. The monoisotopic (exact) mass is 631 g/mol. The first-order valence-electron chi connectivity index (χ1n) is 13.5. The Kier molecular flexibility index (Phi) is 8.25. The van der Waals surface area contributed by atoms with Gasteiger partial charge in [0.25, 0.3) is 5.56 Å². The maximum absolute atomic E-state index is 13.4. The number of Topliss-reactive ketones (excluding diaryl/α,β-unsaturated/α-hetero) is 1. The number of benzene rings is 3. The van der Waals surface area contributed by atoms with Crippen LogP contribution in [-0.2, 0) is 23.8 Å². The lowest BCUT2D eigenvalue weighted by Crippen LogP contribution is -2.33. The summed E-state index contributed by atoms with van der Waals surface area (Å²) in [5.74, 6) is -4.89. The van der Waals surface area contributed by atoms with Crippen molar-refractivity contribution < 1.29 is 45.8 Å². The Morgan fingerprint density at radius 2 is 1.56 bits per heavy atom. The molecule has 3 atom stereocenters. The van der Waals surface area contributed by atoms with Crippen molar-refractivity contribution in [3.05, 3.63) is 106 Å². The predicted octanol–water partition coefficient (Wildman–Crippen LogP) is 6.49. The standard InChI is InChI=1S/C31H23F6N3O5/c1-16(40-28(42)24-14-20(31(35,36)37)7-12-25(24)38-39-40)22-10-11-23(26(22)29(43)44)27(41)18-5-8-21(9-6-18)45-15-17-3-2-4-19(13-17)30(32,33)34/h2-9,12-14,22-23,26H,1,10-11,15H2,(H,43,44). The van der Waals surface area contributed by atoms with E-state index in [1.807, 2.05) is 0 Å². The molecule has 3 aromatic carbocycles. The highest BCUT2D eigenvalue weighted by atomic mass is 19.4. The van der Waals surface area contributed by atoms with E-state index < -0.39 is 58.5 Å². The summed E-state index contributed by atoms with van der Waals surface area (Å²) < 4.78 is 84.8. The zero-order valence-corrected chi connectivity index (χ0v) is 23.1. The van der Waals surface area contributed by atoms with E-state index in [9.17, 15) is 45.8 Å². The minimum absolute atomic E-state index is 0.0893. The smallest absolute Gasteiger partial charge is 0.416 e. The van der Waals surface area contributed by atoms with E-state index in [0.717, 1.165) is 24.3 Å². The second kappa shape index (κ2) is 11.8. The van der Waals surface area contributed by atoms with Crippen LogP contribution in [0.4, 0.5) is 26.3 Å². The second-order valence-corrected chi connectivity index (χ2v) is 10.6. The number of nitrogens with zero attached hydrogens (tertiary/aromatic N) is 3. The highest BCUT2D eigenvalue weighted by molar-refractivity contribution is 6.00. The molecule has 1 heterocycles. The van der Waals surface area contributed by atoms with Gasteiger partial charge in [-0.25, -0.2) is 0 Å². The number of ether oxygens (including phenoxy) is 1. The highest BCUT2D eigenvalue weighted by Crippen LogP contribution is 2.43. The SMILES string of the molecule is C=C(C1CCC(C(=O)c2ccc(OCc3cccc(C(F)(F)F)c3)cc2)C1C(=O)O)n1nnc2ccc(C(F)(F)F)cc2c1=O. The Labute approximate surface area is 250 Å². The third kappa shape index (κ3) is 6.44. The maximum atomic E-state index is 13.4. The van der Waals surface area contributed by atoms with Crippen LogP contribution in [0.15, 0.2) is 78.1 Å². The van der Waals surface area contributed by atoms with Crippen molar-refractivity contribution in [2.75, 3.05) is 0 Å². The summed E-state index contributed by atoms with van der Waals surface area (Å²) in [5, 5.41) is 17.2. The summed E-state index contributed by atoms with van der Waals surface area (Å²) in [6.45, 7) is 3.64. The third-order valence-electron chi connectivity index (χ3n) is 7.76. The molecule has 3 unspecified atom stereocenters. The van der Waals surface area contributed by atoms with Crippen LogP contribution in [0.25, 0.3) is 16.6 Å². The average Bonchev–Trinajstić information content (AvgIpc) is 3.45. The molecule has 1 aliphatic carbocycles. The van der Waals surface area contributed by atoms with Crippen molar-refractivity contribution in [2.45, 2.75) is 31.8 Å². The molecule has 0 saturated heterocycles. The summed E-state index contributed by atoms with van der Waals surface area (Å²) in [7, 11) is 0. The summed E-state index contributed by atoms with van der Waals surface area (Å²) in [5.41, 5.74) is -2.62. The van der Waals surface area contributed by atoms with Crippen molar-refractivity contribution in [1.82, 2.24) is 15.0 Å². The Bertz CT molecular complexity index is 1850. The van der Waals surface area contributed by atoms with E-state index in [1.54, 1.807) is 0 Å². The van der Waals surface area contributed by atoms with Crippen LogP contribution in [-0.4, -0.2) is 31.9 Å². The lowest BCUT2D eigenvalue weighted by atomic mass is 9.83. The molecular formula is C31H23F6N3O5. The van der Waals surface area contributed by atoms with Gasteiger partial charge in [0.15, 0.2) is 5.78 Å². The van der Waals surface area contributed by atoms with Crippen LogP contribution in [0, 0.1) is 17.8 Å².